The molecule has 1 N–H and O–H groups in total. The van der Waals surface area contributed by atoms with Crippen molar-refractivity contribution in [3.05, 3.63) is 34.6 Å². The number of aliphatic hydroxyl groups excluding tert-OH is 1. The number of β-amino-alcohol motifs (C(OH)–C–C–N with tert-alkyl or cyclic N) is 1. The average Bonchev–Trinajstić information content (AvgIpc) is 2.22. The molecule has 1 fully saturated rings. The number of piperidine rings is 1. The first-order chi connectivity index (χ1) is 7.65. The molecule has 1 atom stereocenters. The first-order valence-electron chi connectivity index (χ1n) is 5.49. The van der Waals surface area contributed by atoms with Crippen LogP contribution in [-0.2, 0) is 6.54 Å². The Kier molecular flexibility index (Phi) is 3.79. The van der Waals surface area contributed by atoms with Crippen LogP contribution in [0, 0.1) is 5.82 Å². The summed E-state index contributed by atoms with van der Waals surface area (Å²) >= 11 is 5.96. The van der Waals surface area contributed by atoms with Crippen molar-refractivity contribution < 1.29 is 9.50 Å². The van der Waals surface area contributed by atoms with Gasteiger partial charge in [0.25, 0.3) is 0 Å². The Morgan fingerprint density at radius 3 is 3.00 bits per heavy atom. The zero-order valence-corrected chi connectivity index (χ0v) is 9.75. The summed E-state index contributed by atoms with van der Waals surface area (Å²) in [6.45, 7) is 2.31. The molecule has 0 spiro atoms. The van der Waals surface area contributed by atoms with Gasteiger partial charge in [0, 0.05) is 18.1 Å². The molecule has 88 valence electrons. The van der Waals surface area contributed by atoms with Crippen molar-refractivity contribution in [2.24, 2.45) is 0 Å². The van der Waals surface area contributed by atoms with Gasteiger partial charge in [-0.1, -0.05) is 17.7 Å². The molecule has 0 radical (unpaired) electrons. The zero-order valence-electron chi connectivity index (χ0n) is 9.00. The number of likely N-dealkylation sites (tertiary alicyclic amines) is 1. The second-order valence-corrected chi connectivity index (χ2v) is 4.67. The molecule has 1 aromatic carbocycles. The van der Waals surface area contributed by atoms with Crippen molar-refractivity contribution in [3.63, 3.8) is 0 Å². The summed E-state index contributed by atoms with van der Waals surface area (Å²) in [5, 5.41) is 9.99. The van der Waals surface area contributed by atoms with E-state index in [9.17, 15) is 9.50 Å². The summed E-state index contributed by atoms with van der Waals surface area (Å²) in [6, 6.07) is 4.46. The van der Waals surface area contributed by atoms with E-state index in [1.807, 2.05) is 0 Å². The highest BCUT2D eigenvalue weighted by Gasteiger charge is 2.18. The Balaban J connectivity index is 2.02. The SMILES string of the molecule is OC1CCCN(Cc2ccc(F)cc2Cl)C1. The average molecular weight is 244 g/mol. The largest absolute Gasteiger partial charge is 0.392 e. The summed E-state index contributed by atoms with van der Waals surface area (Å²) in [4.78, 5) is 2.15. The lowest BCUT2D eigenvalue weighted by Crippen LogP contribution is -2.37. The van der Waals surface area contributed by atoms with E-state index in [0.29, 0.717) is 18.1 Å². The first-order valence-corrected chi connectivity index (χ1v) is 5.87. The van der Waals surface area contributed by atoms with Crippen LogP contribution in [0.1, 0.15) is 18.4 Å². The topological polar surface area (TPSA) is 23.5 Å². The smallest absolute Gasteiger partial charge is 0.124 e. The minimum absolute atomic E-state index is 0.243. The summed E-state index contributed by atoms with van der Waals surface area (Å²) in [5.74, 6) is -0.313. The predicted octanol–water partition coefficient (Wildman–Crippen LogP) is 2.44. The second kappa shape index (κ2) is 5.13. The summed E-state index contributed by atoms with van der Waals surface area (Å²) in [5.41, 5.74) is 0.914. The standard InChI is InChI=1S/C12H15ClFNO/c13-12-6-10(14)4-3-9(12)7-15-5-1-2-11(16)8-15/h3-4,6,11,16H,1-2,5,7-8H2. The van der Waals surface area contributed by atoms with Gasteiger partial charge in [-0.15, -0.1) is 0 Å². The lowest BCUT2D eigenvalue weighted by Gasteiger charge is -2.30. The lowest BCUT2D eigenvalue weighted by molar-refractivity contribution is 0.0668. The molecule has 1 heterocycles. The van der Waals surface area contributed by atoms with Crippen molar-refractivity contribution in [1.29, 1.82) is 0 Å². The van der Waals surface area contributed by atoms with Crippen LogP contribution < -0.4 is 0 Å². The molecule has 1 aliphatic heterocycles. The first kappa shape index (κ1) is 11.8. The molecule has 16 heavy (non-hydrogen) atoms. The molecule has 0 amide bonds. The van der Waals surface area contributed by atoms with E-state index in [1.165, 1.54) is 12.1 Å². The van der Waals surface area contributed by atoms with Crippen LogP contribution in [0.5, 0.6) is 0 Å². The highest BCUT2D eigenvalue weighted by Crippen LogP contribution is 2.21. The Morgan fingerprint density at radius 2 is 2.31 bits per heavy atom. The van der Waals surface area contributed by atoms with Crippen LogP contribution in [0.15, 0.2) is 18.2 Å². The highest BCUT2D eigenvalue weighted by atomic mass is 35.5. The molecule has 2 nitrogen and oxygen atoms in total. The van der Waals surface area contributed by atoms with E-state index in [4.69, 9.17) is 11.6 Å². The van der Waals surface area contributed by atoms with Gasteiger partial charge in [-0.05, 0) is 37.1 Å². The van der Waals surface area contributed by atoms with Gasteiger partial charge in [0.05, 0.1) is 6.10 Å². The van der Waals surface area contributed by atoms with Crippen molar-refractivity contribution in [1.82, 2.24) is 4.90 Å². The fourth-order valence-corrected chi connectivity index (χ4v) is 2.29. The van der Waals surface area contributed by atoms with Crippen molar-refractivity contribution in [2.75, 3.05) is 13.1 Å². The van der Waals surface area contributed by atoms with Gasteiger partial charge in [0.1, 0.15) is 5.82 Å². The minimum Gasteiger partial charge on any atom is -0.392 e. The van der Waals surface area contributed by atoms with Gasteiger partial charge in [-0.25, -0.2) is 4.39 Å². The molecule has 0 saturated carbocycles. The van der Waals surface area contributed by atoms with Gasteiger partial charge >= 0.3 is 0 Å². The van der Waals surface area contributed by atoms with Crippen LogP contribution in [0.25, 0.3) is 0 Å². The fourth-order valence-electron chi connectivity index (χ4n) is 2.07. The third kappa shape index (κ3) is 2.94. The monoisotopic (exact) mass is 243 g/mol. The van der Waals surface area contributed by atoms with Crippen LogP contribution in [-0.4, -0.2) is 29.2 Å². The Labute approximate surface area is 99.6 Å². The second-order valence-electron chi connectivity index (χ2n) is 4.27. The van der Waals surface area contributed by atoms with E-state index >= 15 is 0 Å². The maximum absolute atomic E-state index is 12.9. The summed E-state index contributed by atoms with van der Waals surface area (Å²) in [6.07, 6.45) is 1.63. The van der Waals surface area contributed by atoms with Crippen molar-refractivity contribution in [2.45, 2.75) is 25.5 Å². The van der Waals surface area contributed by atoms with E-state index in [-0.39, 0.29) is 11.9 Å². The van der Waals surface area contributed by atoms with Gasteiger partial charge in [0.15, 0.2) is 0 Å². The van der Waals surface area contributed by atoms with Crippen molar-refractivity contribution in [3.8, 4) is 0 Å². The number of hydrogen-bond acceptors (Lipinski definition) is 2. The van der Waals surface area contributed by atoms with Gasteiger partial charge in [0.2, 0.25) is 0 Å². The molecule has 0 aromatic heterocycles. The number of nitrogens with zero attached hydrogens (tertiary/aromatic N) is 1. The molecule has 1 aliphatic rings. The molecule has 1 saturated heterocycles. The molecule has 1 aromatic rings. The Morgan fingerprint density at radius 1 is 1.50 bits per heavy atom. The normalized spacial score (nSPS) is 22.3. The van der Waals surface area contributed by atoms with Crippen LogP contribution in [0.3, 0.4) is 0 Å². The summed E-state index contributed by atoms with van der Waals surface area (Å²) in [7, 11) is 0. The maximum Gasteiger partial charge on any atom is 0.124 e. The Bertz CT molecular complexity index is 372. The zero-order chi connectivity index (χ0) is 11.5. The number of benzene rings is 1. The lowest BCUT2D eigenvalue weighted by atomic mass is 10.1. The minimum atomic E-state index is -0.313. The fraction of sp³-hybridized carbons (Fsp3) is 0.500. The molecule has 0 aliphatic carbocycles. The molecular formula is C12H15ClFNO. The van der Waals surface area contributed by atoms with E-state index in [2.05, 4.69) is 4.90 Å². The quantitative estimate of drug-likeness (QED) is 0.863. The highest BCUT2D eigenvalue weighted by molar-refractivity contribution is 6.31. The third-order valence-corrected chi connectivity index (χ3v) is 3.24. The van der Waals surface area contributed by atoms with Crippen LogP contribution in [0.4, 0.5) is 4.39 Å². The van der Waals surface area contributed by atoms with Gasteiger partial charge in [-0.2, -0.15) is 0 Å². The van der Waals surface area contributed by atoms with Gasteiger partial charge in [-0.3, -0.25) is 4.90 Å². The van der Waals surface area contributed by atoms with E-state index in [1.54, 1.807) is 6.07 Å². The van der Waals surface area contributed by atoms with Crippen molar-refractivity contribution >= 4 is 11.6 Å². The molecule has 1 unspecified atom stereocenters. The number of aliphatic hydroxyl groups is 1. The number of rotatable bonds is 2. The third-order valence-electron chi connectivity index (χ3n) is 2.89. The summed E-state index contributed by atoms with van der Waals surface area (Å²) < 4.78 is 12.9. The van der Waals surface area contributed by atoms with E-state index in [0.717, 1.165) is 24.9 Å². The molecule has 0 bridgehead atoms. The van der Waals surface area contributed by atoms with Crippen LogP contribution >= 0.6 is 11.6 Å². The number of hydrogen-bond donors (Lipinski definition) is 1. The maximum atomic E-state index is 12.9. The van der Waals surface area contributed by atoms with Crippen LogP contribution in [0.2, 0.25) is 5.02 Å². The Hall–Kier alpha value is -0.640. The predicted molar refractivity (Wildman–Crippen MR) is 61.9 cm³/mol. The van der Waals surface area contributed by atoms with E-state index < -0.39 is 0 Å². The number of halogens is 2. The van der Waals surface area contributed by atoms with Gasteiger partial charge < -0.3 is 5.11 Å². The molecule has 2 rings (SSSR count). The molecular weight excluding hydrogens is 229 g/mol. The molecule has 4 heteroatoms.